The summed E-state index contributed by atoms with van der Waals surface area (Å²) in [6, 6.07) is 8.50. The number of Topliss-reactive ketones (excluding diaryl/α,β-unsaturated/α-hetero) is 1. The molecule has 0 aromatic heterocycles. The van der Waals surface area contributed by atoms with E-state index in [-0.39, 0.29) is 25.7 Å². The van der Waals surface area contributed by atoms with E-state index in [4.69, 9.17) is 4.74 Å². The molecule has 0 bridgehead atoms. The molecule has 0 aliphatic heterocycles. The van der Waals surface area contributed by atoms with Gasteiger partial charge in [0.15, 0.2) is 5.78 Å². The van der Waals surface area contributed by atoms with Crippen molar-refractivity contribution >= 4 is 11.8 Å². The second-order valence-electron chi connectivity index (χ2n) is 11.7. The molecule has 7 nitrogen and oxygen atoms in total. The van der Waals surface area contributed by atoms with E-state index >= 15 is 0 Å². The highest BCUT2D eigenvalue weighted by atomic mass is 16.5. The lowest BCUT2D eigenvalue weighted by Crippen LogP contribution is -2.78. The molecular formula is C28H36O7. The van der Waals surface area contributed by atoms with Crippen molar-refractivity contribution < 1.29 is 34.8 Å². The number of fused-ring (bicyclic) bond motifs is 5. The molecule has 7 heteroatoms. The molecule has 4 aliphatic rings. The number of hydrogen-bond acceptors (Lipinski definition) is 7. The zero-order valence-electron chi connectivity index (χ0n) is 20.7. The molecule has 190 valence electrons. The number of carbonyl (C=O) groups excluding carboxylic acids is 2. The summed E-state index contributed by atoms with van der Waals surface area (Å²) in [5.41, 5.74) is -6.20. The van der Waals surface area contributed by atoms with Gasteiger partial charge in [-0.15, -0.1) is 0 Å². The van der Waals surface area contributed by atoms with Crippen molar-refractivity contribution in [2.24, 2.45) is 16.7 Å². The normalized spacial score (nSPS) is 46.6. The third kappa shape index (κ3) is 2.98. The molecule has 0 amide bonds. The van der Waals surface area contributed by atoms with Crippen LogP contribution in [0.15, 0.2) is 42.0 Å². The first kappa shape index (κ1) is 24.6. The fourth-order valence-corrected chi connectivity index (χ4v) is 8.14. The molecule has 8 atom stereocenters. The van der Waals surface area contributed by atoms with Gasteiger partial charge in [-0.2, -0.15) is 0 Å². The lowest BCUT2D eigenvalue weighted by molar-refractivity contribution is -0.312. The largest absolute Gasteiger partial charge is 0.458 e. The van der Waals surface area contributed by atoms with Gasteiger partial charge in [-0.3, -0.25) is 4.79 Å². The number of esters is 1. The first-order valence-electron chi connectivity index (χ1n) is 12.7. The Balaban J connectivity index is 1.65. The summed E-state index contributed by atoms with van der Waals surface area (Å²) in [7, 11) is 0. The predicted octanol–water partition coefficient (Wildman–Crippen LogP) is 2.70. The van der Waals surface area contributed by atoms with Gasteiger partial charge in [0.2, 0.25) is 0 Å². The summed E-state index contributed by atoms with van der Waals surface area (Å²) in [4.78, 5) is 26.0. The Morgan fingerprint density at radius 1 is 1.03 bits per heavy atom. The van der Waals surface area contributed by atoms with E-state index in [9.17, 15) is 30.0 Å². The van der Waals surface area contributed by atoms with E-state index in [0.717, 1.165) is 5.57 Å². The Labute approximate surface area is 205 Å². The Morgan fingerprint density at radius 3 is 2.37 bits per heavy atom. The maximum atomic E-state index is 13.2. The van der Waals surface area contributed by atoms with Gasteiger partial charge in [-0.1, -0.05) is 36.8 Å². The highest BCUT2D eigenvalue weighted by Gasteiger charge is 2.81. The molecule has 0 spiro atoms. The first-order valence-corrected chi connectivity index (χ1v) is 12.7. The van der Waals surface area contributed by atoms with Crippen LogP contribution >= 0.6 is 0 Å². The summed E-state index contributed by atoms with van der Waals surface area (Å²) >= 11 is 0. The fraction of sp³-hybridized carbons (Fsp3) is 0.643. The Bertz CT molecular complexity index is 1080. The van der Waals surface area contributed by atoms with Crippen molar-refractivity contribution in [1.29, 1.82) is 0 Å². The van der Waals surface area contributed by atoms with Crippen LogP contribution in [-0.4, -0.2) is 61.2 Å². The average Bonchev–Trinajstić information content (AvgIpc) is 3.06. The molecule has 4 aliphatic carbocycles. The molecule has 4 N–H and O–H groups in total. The smallest absolute Gasteiger partial charge is 0.338 e. The number of carbonyl (C=O) groups is 2. The second-order valence-corrected chi connectivity index (χ2v) is 11.7. The SMILES string of the molecule is CC(=O)[C@@]1(O)CC[C@]2(O)[C@]1(C)C(OC(=O)c1ccccc1)C[C@@H]1[C@@]3(C)CCC(O)CC3=CC[C@]12O. The van der Waals surface area contributed by atoms with Crippen molar-refractivity contribution in [3.8, 4) is 0 Å². The van der Waals surface area contributed by atoms with Crippen LogP contribution < -0.4 is 0 Å². The van der Waals surface area contributed by atoms with Gasteiger partial charge in [0.1, 0.15) is 22.9 Å². The van der Waals surface area contributed by atoms with Crippen LogP contribution in [0.3, 0.4) is 0 Å². The monoisotopic (exact) mass is 484 g/mol. The molecule has 35 heavy (non-hydrogen) atoms. The Kier molecular flexibility index (Phi) is 5.43. The molecule has 2 unspecified atom stereocenters. The highest BCUT2D eigenvalue weighted by Crippen LogP contribution is 2.70. The van der Waals surface area contributed by atoms with Crippen LogP contribution in [0.5, 0.6) is 0 Å². The highest BCUT2D eigenvalue weighted by molar-refractivity contribution is 5.90. The van der Waals surface area contributed by atoms with Crippen LogP contribution in [-0.2, 0) is 9.53 Å². The zero-order chi connectivity index (χ0) is 25.4. The van der Waals surface area contributed by atoms with Crippen LogP contribution in [0.2, 0.25) is 0 Å². The van der Waals surface area contributed by atoms with Crippen molar-refractivity contribution in [2.75, 3.05) is 0 Å². The van der Waals surface area contributed by atoms with E-state index in [1.807, 2.05) is 13.0 Å². The minimum atomic E-state index is -1.96. The van der Waals surface area contributed by atoms with E-state index in [0.29, 0.717) is 24.8 Å². The number of aliphatic hydroxyl groups is 4. The van der Waals surface area contributed by atoms with E-state index in [1.165, 1.54) is 6.92 Å². The topological polar surface area (TPSA) is 124 Å². The summed E-state index contributed by atoms with van der Waals surface area (Å²) < 4.78 is 6.05. The van der Waals surface area contributed by atoms with Gasteiger partial charge < -0.3 is 25.2 Å². The maximum Gasteiger partial charge on any atom is 0.338 e. The molecule has 1 aromatic rings. The quantitative estimate of drug-likeness (QED) is 0.384. The molecular weight excluding hydrogens is 448 g/mol. The third-order valence-electron chi connectivity index (χ3n) is 10.4. The fourth-order valence-electron chi connectivity index (χ4n) is 8.14. The number of rotatable bonds is 3. The Morgan fingerprint density at radius 2 is 1.71 bits per heavy atom. The second kappa shape index (κ2) is 7.72. The van der Waals surface area contributed by atoms with Crippen molar-refractivity contribution in [3.05, 3.63) is 47.5 Å². The summed E-state index contributed by atoms with van der Waals surface area (Å²) in [5, 5.41) is 46.7. The predicted molar refractivity (Wildman–Crippen MR) is 127 cm³/mol. The molecule has 0 saturated heterocycles. The molecule has 3 saturated carbocycles. The maximum absolute atomic E-state index is 13.2. The molecule has 3 fully saturated rings. The standard InChI is InChI=1S/C28H36O7/c1-17(29)26(32)13-14-28(34)25(26,3)22(35-23(31)18-7-5-4-6-8-18)16-21-24(2)11-10-20(30)15-19(24)9-12-27(21,28)33/h4-9,20-22,30,32-34H,10-16H2,1-3H3/t20?,21-,22?,24+,25-,26+,27+,28+/m1/s1. The van der Waals surface area contributed by atoms with Gasteiger partial charge in [-0.25, -0.2) is 4.79 Å². The van der Waals surface area contributed by atoms with E-state index in [2.05, 4.69) is 0 Å². The van der Waals surface area contributed by atoms with Gasteiger partial charge in [0.25, 0.3) is 0 Å². The van der Waals surface area contributed by atoms with Crippen molar-refractivity contribution in [3.63, 3.8) is 0 Å². The number of ether oxygens (including phenoxy) is 1. The third-order valence-corrected chi connectivity index (χ3v) is 10.4. The summed E-state index contributed by atoms with van der Waals surface area (Å²) in [6.07, 6.45) is 2.48. The van der Waals surface area contributed by atoms with Gasteiger partial charge in [-0.05, 0) is 76.3 Å². The molecule has 0 radical (unpaired) electrons. The van der Waals surface area contributed by atoms with E-state index in [1.54, 1.807) is 37.3 Å². The van der Waals surface area contributed by atoms with Crippen molar-refractivity contribution in [1.82, 2.24) is 0 Å². The van der Waals surface area contributed by atoms with Crippen molar-refractivity contribution in [2.45, 2.75) is 94.7 Å². The van der Waals surface area contributed by atoms with Gasteiger partial charge >= 0.3 is 5.97 Å². The first-order chi connectivity index (χ1) is 16.3. The van der Waals surface area contributed by atoms with E-state index < -0.39 is 57.5 Å². The Hall–Kier alpha value is -2.06. The lowest BCUT2D eigenvalue weighted by atomic mass is 9.42. The van der Waals surface area contributed by atoms with Crippen LogP contribution in [0, 0.1) is 16.7 Å². The molecule has 1 aromatic carbocycles. The minimum Gasteiger partial charge on any atom is -0.458 e. The van der Waals surface area contributed by atoms with Crippen LogP contribution in [0.25, 0.3) is 0 Å². The number of hydrogen-bond donors (Lipinski definition) is 4. The lowest BCUT2D eigenvalue weighted by Gasteiger charge is -2.67. The number of ketones is 1. The van der Waals surface area contributed by atoms with Crippen LogP contribution in [0.4, 0.5) is 0 Å². The zero-order valence-corrected chi connectivity index (χ0v) is 20.7. The molecule has 0 heterocycles. The number of aliphatic hydroxyl groups excluding tert-OH is 1. The summed E-state index contributed by atoms with van der Waals surface area (Å²) in [6.45, 7) is 4.92. The van der Waals surface area contributed by atoms with Gasteiger partial charge in [0, 0.05) is 5.92 Å². The van der Waals surface area contributed by atoms with Gasteiger partial charge in [0.05, 0.1) is 17.1 Å². The average molecular weight is 485 g/mol. The molecule has 5 rings (SSSR count). The number of benzene rings is 1. The van der Waals surface area contributed by atoms with Crippen LogP contribution in [0.1, 0.15) is 76.1 Å². The summed E-state index contributed by atoms with van der Waals surface area (Å²) in [5.74, 6) is -1.60. The minimum absolute atomic E-state index is 0.00778.